The highest BCUT2D eigenvalue weighted by Gasteiger charge is 2.43. The third kappa shape index (κ3) is 2.63. The summed E-state index contributed by atoms with van der Waals surface area (Å²) in [6.07, 6.45) is 0.369. The second kappa shape index (κ2) is 5.87. The van der Waals surface area contributed by atoms with Crippen LogP contribution in [0.25, 0.3) is 10.9 Å². The van der Waals surface area contributed by atoms with Gasteiger partial charge in [-0.3, -0.25) is 9.78 Å². The van der Waals surface area contributed by atoms with E-state index in [2.05, 4.69) is 15.6 Å². The van der Waals surface area contributed by atoms with Gasteiger partial charge in [0.25, 0.3) is 5.91 Å². The van der Waals surface area contributed by atoms with Crippen molar-refractivity contribution in [3.8, 4) is 0 Å². The lowest BCUT2D eigenvalue weighted by atomic mass is 9.95. The number of carbonyl (C=O) groups is 2. The lowest BCUT2D eigenvalue weighted by Crippen LogP contribution is -2.56. The molecule has 3 rings (SSSR count). The number of amides is 1. The number of aryl methyl sites for hydroxylation is 2. The third-order valence-electron chi connectivity index (χ3n) is 4.77. The number of carbonyl (C=O) groups excluding carboxylic acids is 1. The van der Waals surface area contributed by atoms with Crippen molar-refractivity contribution < 1.29 is 14.7 Å². The molecule has 0 aliphatic carbocycles. The van der Waals surface area contributed by atoms with E-state index in [0.29, 0.717) is 18.5 Å². The first-order valence-electron chi connectivity index (χ1n) is 7.98. The SMILES string of the molecule is Cc1ccc2nc(C)c(C)c(C(=O)NC3(C(=O)O)CCNC3)c2c1. The van der Waals surface area contributed by atoms with E-state index in [1.807, 2.05) is 39.0 Å². The van der Waals surface area contributed by atoms with Gasteiger partial charge >= 0.3 is 5.97 Å². The molecule has 1 amide bonds. The van der Waals surface area contributed by atoms with Gasteiger partial charge in [0.1, 0.15) is 0 Å². The average Bonchev–Trinajstić information content (AvgIpc) is 2.99. The molecule has 1 aromatic heterocycles. The molecule has 24 heavy (non-hydrogen) atoms. The van der Waals surface area contributed by atoms with Gasteiger partial charge in [-0.15, -0.1) is 0 Å². The van der Waals surface area contributed by atoms with E-state index in [4.69, 9.17) is 0 Å². The van der Waals surface area contributed by atoms with Crippen LogP contribution in [0.4, 0.5) is 0 Å². The number of fused-ring (bicyclic) bond motifs is 1. The van der Waals surface area contributed by atoms with Crippen molar-refractivity contribution in [2.45, 2.75) is 32.7 Å². The average molecular weight is 327 g/mol. The van der Waals surface area contributed by atoms with Crippen molar-refractivity contribution in [1.29, 1.82) is 0 Å². The van der Waals surface area contributed by atoms with Crippen LogP contribution in [-0.2, 0) is 4.79 Å². The van der Waals surface area contributed by atoms with Crippen LogP contribution in [0, 0.1) is 20.8 Å². The molecule has 1 saturated heterocycles. The summed E-state index contributed by atoms with van der Waals surface area (Å²) in [5.74, 6) is -1.37. The van der Waals surface area contributed by atoms with Crippen LogP contribution in [0.15, 0.2) is 18.2 Å². The molecule has 6 heteroatoms. The standard InChI is InChI=1S/C18H21N3O3/c1-10-4-5-14-13(8-10)15(11(2)12(3)20-14)16(22)21-18(17(23)24)6-7-19-9-18/h4-5,8,19H,6-7,9H2,1-3H3,(H,21,22)(H,23,24). The highest BCUT2D eigenvalue weighted by Crippen LogP contribution is 2.25. The molecule has 1 aliphatic rings. The maximum Gasteiger partial charge on any atom is 0.330 e. The summed E-state index contributed by atoms with van der Waals surface area (Å²) in [6, 6.07) is 5.76. The number of benzene rings is 1. The fourth-order valence-electron chi connectivity index (χ4n) is 3.20. The number of hydrogen-bond acceptors (Lipinski definition) is 4. The second-order valence-corrected chi connectivity index (χ2v) is 6.49. The molecule has 2 aromatic rings. The van der Waals surface area contributed by atoms with Gasteiger partial charge in [0, 0.05) is 17.6 Å². The summed E-state index contributed by atoms with van der Waals surface area (Å²) in [5.41, 5.74) is 2.56. The molecular weight excluding hydrogens is 306 g/mol. The Kier molecular flexibility index (Phi) is 4.01. The largest absolute Gasteiger partial charge is 0.479 e. The Hall–Kier alpha value is -2.47. The zero-order valence-electron chi connectivity index (χ0n) is 14.1. The molecule has 1 atom stereocenters. The van der Waals surface area contributed by atoms with Gasteiger partial charge in [0.15, 0.2) is 5.54 Å². The van der Waals surface area contributed by atoms with E-state index >= 15 is 0 Å². The third-order valence-corrected chi connectivity index (χ3v) is 4.77. The number of aromatic nitrogens is 1. The molecule has 1 unspecified atom stereocenters. The quantitative estimate of drug-likeness (QED) is 0.798. The molecule has 3 N–H and O–H groups in total. The Morgan fingerprint density at radius 3 is 2.67 bits per heavy atom. The van der Waals surface area contributed by atoms with Crippen LogP contribution < -0.4 is 10.6 Å². The number of nitrogens with one attached hydrogen (secondary N) is 2. The smallest absolute Gasteiger partial charge is 0.330 e. The highest BCUT2D eigenvalue weighted by atomic mass is 16.4. The predicted octanol–water partition coefficient (Wildman–Crippen LogP) is 1.71. The van der Waals surface area contributed by atoms with Crippen LogP contribution in [0.1, 0.15) is 33.6 Å². The number of nitrogens with zero attached hydrogens (tertiary/aromatic N) is 1. The lowest BCUT2D eigenvalue weighted by molar-refractivity contribution is -0.143. The van der Waals surface area contributed by atoms with Gasteiger partial charge in [0.05, 0.1) is 11.1 Å². The maximum atomic E-state index is 13.0. The van der Waals surface area contributed by atoms with Crippen LogP contribution >= 0.6 is 0 Å². The van der Waals surface area contributed by atoms with Crippen LogP contribution in [0.2, 0.25) is 0 Å². The molecular formula is C18H21N3O3. The van der Waals surface area contributed by atoms with E-state index in [-0.39, 0.29) is 12.5 Å². The molecule has 0 bridgehead atoms. The van der Waals surface area contributed by atoms with Gasteiger partial charge < -0.3 is 15.7 Å². The molecule has 0 radical (unpaired) electrons. The summed E-state index contributed by atoms with van der Waals surface area (Å²) >= 11 is 0. The van der Waals surface area contributed by atoms with E-state index in [1.165, 1.54) is 0 Å². The van der Waals surface area contributed by atoms with E-state index in [0.717, 1.165) is 27.7 Å². The molecule has 2 heterocycles. The fourth-order valence-corrected chi connectivity index (χ4v) is 3.20. The lowest BCUT2D eigenvalue weighted by Gasteiger charge is -2.25. The Balaban J connectivity index is 2.11. The normalized spacial score (nSPS) is 20.3. The van der Waals surface area contributed by atoms with Gasteiger partial charge in [-0.25, -0.2) is 4.79 Å². The van der Waals surface area contributed by atoms with Crippen molar-refractivity contribution in [1.82, 2.24) is 15.6 Å². The number of hydrogen-bond donors (Lipinski definition) is 3. The maximum absolute atomic E-state index is 13.0. The summed E-state index contributed by atoms with van der Waals surface area (Å²) in [7, 11) is 0. The minimum Gasteiger partial charge on any atom is -0.479 e. The van der Waals surface area contributed by atoms with Gasteiger partial charge in [-0.2, -0.15) is 0 Å². The van der Waals surface area contributed by atoms with Crippen LogP contribution in [0.3, 0.4) is 0 Å². The Labute approximate surface area is 140 Å². The number of carboxylic acids is 1. The van der Waals surface area contributed by atoms with Crippen LogP contribution in [-0.4, -0.2) is 40.6 Å². The Morgan fingerprint density at radius 1 is 1.29 bits per heavy atom. The van der Waals surface area contributed by atoms with E-state index < -0.39 is 11.5 Å². The minimum absolute atomic E-state index is 0.230. The van der Waals surface area contributed by atoms with Gasteiger partial charge in [0.2, 0.25) is 0 Å². The van der Waals surface area contributed by atoms with Crippen molar-refractivity contribution >= 4 is 22.8 Å². The van der Waals surface area contributed by atoms with Crippen LogP contribution in [0.5, 0.6) is 0 Å². The molecule has 1 fully saturated rings. The molecule has 6 nitrogen and oxygen atoms in total. The van der Waals surface area contributed by atoms with Crippen molar-refractivity contribution in [3.05, 3.63) is 40.6 Å². The first-order valence-corrected chi connectivity index (χ1v) is 7.98. The molecule has 0 spiro atoms. The minimum atomic E-state index is -1.25. The summed E-state index contributed by atoms with van der Waals surface area (Å²) < 4.78 is 0. The van der Waals surface area contributed by atoms with Gasteiger partial charge in [-0.1, -0.05) is 11.6 Å². The first kappa shape index (κ1) is 16.4. The van der Waals surface area contributed by atoms with Crippen molar-refractivity contribution in [3.63, 3.8) is 0 Å². The zero-order chi connectivity index (χ0) is 17.5. The molecule has 126 valence electrons. The van der Waals surface area contributed by atoms with Crippen molar-refractivity contribution in [2.24, 2.45) is 0 Å². The monoisotopic (exact) mass is 327 g/mol. The molecule has 1 aromatic carbocycles. The van der Waals surface area contributed by atoms with Gasteiger partial charge in [-0.05, 0) is 51.4 Å². The first-order chi connectivity index (χ1) is 11.3. The number of aliphatic carboxylic acids is 1. The van der Waals surface area contributed by atoms with Crippen molar-refractivity contribution in [2.75, 3.05) is 13.1 Å². The predicted molar refractivity (Wildman–Crippen MR) is 91.3 cm³/mol. The fraction of sp³-hybridized carbons (Fsp3) is 0.389. The summed E-state index contributed by atoms with van der Waals surface area (Å²) in [4.78, 5) is 29.2. The topological polar surface area (TPSA) is 91.3 Å². The summed E-state index contributed by atoms with van der Waals surface area (Å²) in [6.45, 7) is 6.46. The Morgan fingerprint density at radius 2 is 2.04 bits per heavy atom. The number of pyridine rings is 1. The second-order valence-electron chi connectivity index (χ2n) is 6.49. The van der Waals surface area contributed by atoms with E-state index in [9.17, 15) is 14.7 Å². The molecule has 0 saturated carbocycles. The highest BCUT2D eigenvalue weighted by molar-refractivity contribution is 6.09. The number of carboxylic acid groups (broad SMARTS) is 1. The van der Waals surface area contributed by atoms with E-state index in [1.54, 1.807) is 0 Å². The summed E-state index contributed by atoms with van der Waals surface area (Å²) in [5, 5.41) is 16.1. The Bertz CT molecular complexity index is 839. The zero-order valence-corrected chi connectivity index (χ0v) is 14.1. The number of rotatable bonds is 3. The molecule has 1 aliphatic heterocycles.